The molecule has 3 nitrogen and oxygen atoms in total. The van der Waals surface area contributed by atoms with Gasteiger partial charge in [0.15, 0.2) is 0 Å². The largest absolute Gasteiger partial charge is 0.382 e. The van der Waals surface area contributed by atoms with Crippen molar-refractivity contribution in [3.63, 3.8) is 0 Å². The Morgan fingerprint density at radius 1 is 1.64 bits per heavy atom. The number of halogens is 3. The van der Waals surface area contributed by atoms with Crippen molar-refractivity contribution in [2.24, 2.45) is 0 Å². The van der Waals surface area contributed by atoms with Crippen molar-refractivity contribution in [2.75, 3.05) is 5.73 Å². The van der Waals surface area contributed by atoms with Crippen LogP contribution in [0.4, 0.5) is 14.6 Å². The fourth-order valence-corrected chi connectivity index (χ4v) is 1.15. The highest BCUT2D eigenvalue weighted by Crippen LogP contribution is 2.27. The van der Waals surface area contributed by atoms with Crippen molar-refractivity contribution in [2.45, 2.75) is 12.8 Å². The first-order valence-electron chi connectivity index (χ1n) is 3.66. The molecule has 0 amide bonds. The number of rotatable bonds is 2. The minimum atomic E-state index is -2.75. The van der Waals surface area contributed by atoms with Gasteiger partial charge in [-0.1, -0.05) is 11.6 Å². The second kappa shape index (κ2) is 4.20. The molecule has 0 atom stereocenters. The molecule has 0 saturated heterocycles. The molecule has 0 aliphatic carbocycles. The normalized spacial score (nSPS) is 10.2. The highest BCUT2D eigenvalue weighted by Gasteiger charge is 2.16. The van der Waals surface area contributed by atoms with Gasteiger partial charge in [-0.15, -0.1) is 0 Å². The molecule has 0 bridgehead atoms. The van der Waals surface area contributed by atoms with E-state index in [2.05, 4.69) is 4.98 Å². The number of hydrogen-bond acceptors (Lipinski definition) is 3. The van der Waals surface area contributed by atoms with Crippen LogP contribution in [0.15, 0.2) is 6.07 Å². The SMILES string of the molecule is N#CCc1cc(Cl)c(N)nc1C(F)F. The number of alkyl halides is 2. The molecular weight excluding hydrogens is 212 g/mol. The summed E-state index contributed by atoms with van der Waals surface area (Å²) in [5, 5.41) is 8.47. The van der Waals surface area contributed by atoms with Gasteiger partial charge in [0.1, 0.15) is 11.5 Å². The third kappa shape index (κ3) is 2.09. The van der Waals surface area contributed by atoms with Gasteiger partial charge in [-0.3, -0.25) is 0 Å². The second-order valence-corrected chi connectivity index (χ2v) is 2.94. The van der Waals surface area contributed by atoms with Gasteiger partial charge in [-0.05, 0) is 11.6 Å². The molecule has 0 saturated carbocycles. The summed E-state index contributed by atoms with van der Waals surface area (Å²) in [4.78, 5) is 3.44. The van der Waals surface area contributed by atoms with Gasteiger partial charge >= 0.3 is 0 Å². The van der Waals surface area contributed by atoms with Crippen LogP contribution in [0.2, 0.25) is 5.02 Å². The van der Waals surface area contributed by atoms with Crippen molar-refractivity contribution in [1.82, 2.24) is 4.98 Å². The number of pyridine rings is 1. The Hall–Kier alpha value is -1.41. The highest BCUT2D eigenvalue weighted by atomic mass is 35.5. The van der Waals surface area contributed by atoms with E-state index in [9.17, 15) is 8.78 Å². The maximum Gasteiger partial charge on any atom is 0.280 e. The maximum absolute atomic E-state index is 12.4. The zero-order valence-electron chi connectivity index (χ0n) is 6.97. The van der Waals surface area contributed by atoms with E-state index < -0.39 is 12.1 Å². The van der Waals surface area contributed by atoms with Crippen molar-refractivity contribution in [3.05, 3.63) is 22.3 Å². The molecule has 0 aliphatic rings. The summed E-state index contributed by atoms with van der Waals surface area (Å²) in [6.45, 7) is 0. The molecule has 1 aromatic heterocycles. The molecule has 0 aliphatic heterocycles. The molecule has 0 radical (unpaired) electrons. The quantitative estimate of drug-likeness (QED) is 0.827. The van der Waals surface area contributed by atoms with Crippen LogP contribution in [0.5, 0.6) is 0 Å². The number of anilines is 1. The molecule has 1 heterocycles. The smallest absolute Gasteiger partial charge is 0.280 e. The minimum Gasteiger partial charge on any atom is -0.382 e. The van der Waals surface area contributed by atoms with Crippen LogP contribution >= 0.6 is 11.6 Å². The van der Waals surface area contributed by atoms with E-state index in [1.165, 1.54) is 6.07 Å². The molecule has 1 rings (SSSR count). The fourth-order valence-electron chi connectivity index (χ4n) is 0.972. The molecule has 1 aromatic rings. The van der Waals surface area contributed by atoms with Crippen LogP contribution in [-0.4, -0.2) is 4.98 Å². The zero-order chi connectivity index (χ0) is 10.7. The molecule has 0 aromatic carbocycles. The van der Waals surface area contributed by atoms with E-state index in [0.29, 0.717) is 0 Å². The lowest BCUT2D eigenvalue weighted by molar-refractivity contribution is 0.145. The van der Waals surface area contributed by atoms with Crippen molar-refractivity contribution < 1.29 is 8.78 Å². The predicted molar refractivity (Wildman–Crippen MR) is 47.9 cm³/mol. The van der Waals surface area contributed by atoms with Crippen LogP contribution in [0.25, 0.3) is 0 Å². The molecule has 2 N–H and O–H groups in total. The number of nitrogens with zero attached hydrogens (tertiary/aromatic N) is 2. The summed E-state index contributed by atoms with van der Waals surface area (Å²) in [5.74, 6) is -0.149. The first-order chi connectivity index (χ1) is 6.56. The van der Waals surface area contributed by atoms with Crippen LogP contribution in [0, 0.1) is 11.3 Å². The predicted octanol–water partition coefficient (Wildman–Crippen LogP) is 2.32. The van der Waals surface area contributed by atoms with E-state index in [1.807, 2.05) is 0 Å². The lowest BCUT2D eigenvalue weighted by Crippen LogP contribution is -2.02. The Morgan fingerprint density at radius 3 is 2.79 bits per heavy atom. The Morgan fingerprint density at radius 2 is 2.29 bits per heavy atom. The van der Waals surface area contributed by atoms with Crippen LogP contribution < -0.4 is 5.73 Å². The van der Waals surface area contributed by atoms with E-state index in [-0.39, 0.29) is 22.8 Å². The summed E-state index contributed by atoms with van der Waals surface area (Å²) < 4.78 is 24.8. The summed E-state index contributed by atoms with van der Waals surface area (Å²) in [6.07, 6.45) is -2.91. The van der Waals surface area contributed by atoms with E-state index in [4.69, 9.17) is 22.6 Å². The first-order valence-corrected chi connectivity index (χ1v) is 4.04. The number of nitrogens with two attached hydrogens (primary N) is 1. The third-order valence-electron chi connectivity index (χ3n) is 1.59. The number of nitriles is 1. The lowest BCUT2D eigenvalue weighted by Gasteiger charge is -2.07. The monoisotopic (exact) mass is 217 g/mol. The second-order valence-electron chi connectivity index (χ2n) is 2.54. The third-order valence-corrected chi connectivity index (χ3v) is 1.89. The van der Waals surface area contributed by atoms with Gasteiger partial charge in [0, 0.05) is 0 Å². The first kappa shape index (κ1) is 10.7. The Balaban J connectivity index is 3.25. The molecule has 0 spiro atoms. The van der Waals surface area contributed by atoms with Crippen molar-refractivity contribution in [3.8, 4) is 6.07 Å². The van der Waals surface area contributed by atoms with Crippen molar-refractivity contribution in [1.29, 1.82) is 5.26 Å². The van der Waals surface area contributed by atoms with Gasteiger partial charge in [0.25, 0.3) is 6.43 Å². The average Bonchev–Trinajstić information content (AvgIpc) is 2.11. The molecule has 0 fully saturated rings. The minimum absolute atomic E-state index is 0.0830. The standard InChI is InChI=1S/C8H6ClF2N3/c9-5-3-4(1-2-12)6(7(10)11)14-8(5)13/h3,7H,1H2,(H2,13,14). The molecule has 74 valence electrons. The Labute approximate surface area is 84.1 Å². The highest BCUT2D eigenvalue weighted by molar-refractivity contribution is 6.32. The van der Waals surface area contributed by atoms with Gasteiger partial charge < -0.3 is 5.73 Å². The number of aromatic nitrogens is 1. The maximum atomic E-state index is 12.4. The van der Waals surface area contributed by atoms with Gasteiger partial charge in [-0.2, -0.15) is 5.26 Å². The Kier molecular flexibility index (Phi) is 3.20. The molecule has 14 heavy (non-hydrogen) atoms. The lowest BCUT2D eigenvalue weighted by atomic mass is 10.1. The summed E-state index contributed by atoms with van der Waals surface area (Å²) in [7, 11) is 0. The number of nitrogen functional groups attached to an aromatic ring is 1. The van der Waals surface area contributed by atoms with Crippen molar-refractivity contribution >= 4 is 17.4 Å². The van der Waals surface area contributed by atoms with Gasteiger partial charge in [0.05, 0.1) is 17.5 Å². The van der Waals surface area contributed by atoms with Crippen LogP contribution in [0.1, 0.15) is 17.7 Å². The summed E-state index contributed by atoms with van der Waals surface area (Å²) in [5.41, 5.74) is 4.90. The van der Waals surface area contributed by atoms with E-state index in [1.54, 1.807) is 6.07 Å². The molecule has 0 unspecified atom stereocenters. The molecule has 6 heteroatoms. The fraction of sp³-hybridized carbons (Fsp3) is 0.250. The van der Waals surface area contributed by atoms with E-state index in [0.717, 1.165) is 0 Å². The topological polar surface area (TPSA) is 62.7 Å². The number of hydrogen-bond donors (Lipinski definition) is 1. The summed E-state index contributed by atoms with van der Waals surface area (Å²) >= 11 is 5.58. The zero-order valence-corrected chi connectivity index (χ0v) is 7.72. The summed E-state index contributed by atoms with van der Waals surface area (Å²) in [6, 6.07) is 3.00. The van der Waals surface area contributed by atoms with Crippen LogP contribution in [-0.2, 0) is 6.42 Å². The van der Waals surface area contributed by atoms with Gasteiger partial charge in [0.2, 0.25) is 0 Å². The average molecular weight is 218 g/mol. The van der Waals surface area contributed by atoms with E-state index >= 15 is 0 Å². The van der Waals surface area contributed by atoms with Gasteiger partial charge in [-0.25, -0.2) is 13.8 Å². The van der Waals surface area contributed by atoms with Crippen LogP contribution in [0.3, 0.4) is 0 Å². The Bertz CT molecular complexity index is 387. The molecular formula is C8H6ClF2N3.